The van der Waals surface area contributed by atoms with Gasteiger partial charge >= 0.3 is 6.09 Å². The SMILES string of the molecule is C=C1CN2C(COC(=O)N3CCC(OC)CC3)CCC2(C(C)C)C1. The van der Waals surface area contributed by atoms with E-state index in [1.165, 1.54) is 12.0 Å². The van der Waals surface area contributed by atoms with Gasteiger partial charge in [0.15, 0.2) is 0 Å². The van der Waals surface area contributed by atoms with E-state index in [2.05, 4.69) is 25.3 Å². The number of amides is 1. The lowest BCUT2D eigenvalue weighted by atomic mass is 9.82. The van der Waals surface area contributed by atoms with Crippen LogP contribution in [0.25, 0.3) is 0 Å². The maximum Gasteiger partial charge on any atom is 0.409 e. The number of piperidine rings is 1. The van der Waals surface area contributed by atoms with Gasteiger partial charge in [-0.05, 0) is 38.0 Å². The first-order valence-electron chi connectivity index (χ1n) is 9.34. The summed E-state index contributed by atoms with van der Waals surface area (Å²) in [6.45, 7) is 11.8. The fraction of sp³-hybridized carbons (Fsp3) is 0.842. The van der Waals surface area contributed by atoms with Gasteiger partial charge in [-0.3, -0.25) is 4.90 Å². The molecule has 1 amide bonds. The minimum atomic E-state index is -0.162. The molecular weight excluding hydrogens is 304 g/mol. The summed E-state index contributed by atoms with van der Waals surface area (Å²) in [5.74, 6) is 0.602. The zero-order chi connectivity index (χ0) is 17.3. The Labute approximate surface area is 146 Å². The summed E-state index contributed by atoms with van der Waals surface area (Å²) in [7, 11) is 1.74. The van der Waals surface area contributed by atoms with Crippen LogP contribution < -0.4 is 0 Å². The van der Waals surface area contributed by atoms with Crippen molar-refractivity contribution in [3.63, 3.8) is 0 Å². The fourth-order valence-electron chi connectivity index (χ4n) is 4.82. The van der Waals surface area contributed by atoms with Crippen LogP contribution in [0.1, 0.15) is 46.0 Å². The molecule has 3 fully saturated rings. The lowest BCUT2D eigenvalue weighted by Gasteiger charge is -2.38. The summed E-state index contributed by atoms with van der Waals surface area (Å²) in [5.41, 5.74) is 1.56. The van der Waals surface area contributed by atoms with Gasteiger partial charge in [0.05, 0.1) is 6.10 Å². The largest absolute Gasteiger partial charge is 0.448 e. The van der Waals surface area contributed by atoms with Crippen molar-refractivity contribution in [2.75, 3.05) is 33.4 Å². The highest BCUT2D eigenvalue weighted by molar-refractivity contribution is 5.67. The summed E-state index contributed by atoms with van der Waals surface area (Å²) in [4.78, 5) is 16.7. The number of nitrogens with zero attached hydrogens (tertiary/aromatic N) is 2. The number of methoxy groups -OCH3 is 1. The molecule has 0 N–H and O–H groups in total. The van der Waals surface area contributed by atoms with Gasteiger partial charge in [0.1, 0.15) is 6.61 Å². The van der Waals surface area contributed by atoms with Crippen LogP contribution in [-0.2, 0) is 9.47 Å². The van der Waals surface area contributed by atoms with Crippen molar-refractivity contribution in [1.29, 1.82) is 0 Å². The molecule has 2 atom stereocenters. The van der Waals surface area contributed by atoms with E-state index in [0.29, 0.717) is 18.6 Å². The summed E-state index contributed by atoms with van der Waals surface area (Å²) in [6, 6.07) is 0.340. The number of ether oxygens (including phenoxy) is 2. The molecule has 2 unspecified atom stereocenters. The molecule has 0 aliphatic carbocycles. The van der Waals surface area contributed by atoms with Crippen LogP contribution in [0.2, 0.25) is 0 Å². The third-order valence-corrected chi connectivity index (χ3v) is 6.38. The van der Waals surface area contributed by atoms with E-state index in [9.17, 15) is 4.79 Å². The second-order valence-corrected chi connectivity index (χ2v) is 8.00. The number of carbonyl (C=O) groups excluding carboxylic acids is 1. The Morgan fingerprint density at radius 3 is 2.67 bits per heavy atom. The molecule has 5 nitrogen and oxygen atoms in total. The predicted molar refractivity (Wildman–Crippen MR) is 94.0 cm³/mol. The first kappa shape index (κ1) is 17.7. The Morgan fingerprint density at radius 2 is 2.04 bits per heavy atom. The maximum atomic E-state index is 12.3. The third-order valence-electron chi connectivity index (χ3n) is 6.38. The average molecular weight is 336 g/mol. The summed E-state index contributed by atoms with van der Waals surface area (Å²) >= 11 is 0. The molecule has 0 aromatic rings. The van der Waals surface area contributed by atoms with Gasteiger partial charge < -0.3 is 14.4 Å². The van der Waals surface area contributed by atoms with Crippen molar-refractivity contribution in [3.05, 3.63) is 12.2 Å². The number of carbonyl (C=O) groups is 1. The van der Waals surface area contributed by atoms with Crippen LogP contribution in [-0.4, -0.2) is 66.9 Å². The second-order valence-electron chi connectivity index (χ2n) is 8.00. The fourth-order valence-corrected chi connectivity index (χ4v) is 4.82. The molecule has 136 valence electrons. The van der Waals surface area contributed by atoms with Crippen LogP contribution in [0.4, 0.5) is 4.79 Å². The number of rotatable bonds is 4. The Morgan fingerprint density at radius 1 is 1.33 bits per heavy atom. The molecule has 0 bridgehead atoms. The zero-order valence-corrected chi connectivity index (χ0v) is 15.4. The number of likely N-dealkylation sites (tertiary alicyclic amines) is 1. The molecule has 0 radical (unpaired) electrons. The lowest BCUT2D eigenvalue weighted by molar-refractivity contribution is 0.0215. The van der Waals surface area contributed by atoms with Crippen LogP contribution in [0, 0.1) is 5.92 Å². The number of fused-ring (bicyclic) bond motifs is 1. The Hall–Kier alpha value is -1.07. The lowest BCUT2D eigenvalue weighted by Crippen LogP contribution is -2.48. The molecule has 5 heteroatoms. The van der Waals surface area contributed by atoms with Gasteiger partial charge in [-0.1, -0.05) is 26.0 Å². The topological polar surface area (TPSA) is 42.0 Å². The van der Waals surface area contributed by atoms with Crippen LogP contribution in [0.15, 0.2) is 12.2 Å². The first-order chi connectivity index (χ1) is 11.5. The molecule has 3 aliphatic heterocycles. The molecule has 3 heterocycles. The normalized spacial score (nSPS) is 31.8. The van der Waals surface area contributed by atoms with Crippen LogP contribution in [0.5, 0.6) is 0 Å². The van der Waals surface area contributed by atoms with E-state index >= 15 is 0 Å². The monoisotopic (exact) mass is 336 g/mol. The van der Waals surface area contributed by atoms with Gasteiger partial charge in [-0.15, -0.1) is 0 Å². The van der Waals surface area contributed by atoms with E-state index in [1.807, 2.05) is 4.90 Å². The summed E-state index contributed by atoms with van der Waals surface area (Å²) in [6.07, 6.45) is 5.32. The van der Waals surface area contributed by atoms with Crippen LogP contribution >= 0.6 is 0 Å². The summed E-state index contributed by atoms with van der Waals surface area (Å²) in [5, 5.41) is 0. The van der Waals surface area contributed by atoms with Crippen LogP contribution in [0.3, 0.4) is 0 Å². The van der Waals surface area contributed by atoms with Gasteiger partial charge in [0.25, 0.3) is 0 Å². The molecule has 24 heavy (non-hydrogen) atoms. The standard InChI is InChI=1S/C19H32N2O3/c1-14(2)19-8-5-16(21(19)12-15(3)11-19)13-24-18(22)20-9-6-17(23-4)7-10-20/h14,16-17H,3,5-13H2,1-2,4H3. The molecular formula is C19H32N2O3. The zero-order valence-electron chi connectivity index (χ0n) is 15.4. The highest BCUT2D eigenvalue weighted by Crippen LogP contribution is 2.48. The summed E-state index contributed by atoms with van der Waals surface area (Å²) < 4.78 is 11.0. The van der Waals surface area contributed by atoms with Gasteiger partial charge in [-0.2, -0.15) is 0 Å². The van der Waals surface area contributed by atoms with Crippen molar-refractivity contribution < 1.29 is 14.3 Å². The minimum Gasteiger partial charge on any atom is -0.448 e. The molecule has 3 rings (SSSR count). The van der Waals surface area contributed by atoms with Crippen molar-refractivity contribution in [2.24, 2.45) is 5.92 Å². The van der Waals surface area contributed by atoms with Crippen molar-refractivity contribution >= 4 is 6.09 Å². The van der Waals surface area contributed by atoms with E-state index < -0.39 is 0 Å². The van der Waals surface area contributed by atoms with Crippen molar-refractivity contribution in [2.45, 2.75) is 63.6 Å². The first-order valence-corrected chi connectivity index (χ1v) is 9.34. The van der Waals surface area contributed by atoms with Crippen molar-refractivity contribution in [1.82, 2.24) is 9.80 Å². The quantitative estimate of drug-likeness (QED) is 0.740. The Kier molecular flexibility index (Phi) is 5.21. The third kappa shape index (κ3) is 3.21. The predicted octanol–water partition coefficient (Wildman–Crippen LogP) is 3.05. The Balaban J connectivity index is 1.52. The number of hydrogen-bond acceptors (Lipinski definition) is 4. The average Bonchev–Trinajstić information content (AvgIpc) is 3.08. The van der Waals surface area contributed by atoms with E-state index in [-0.39, 0.29) is 17.7 Å². The highest BCUT2D eigenvalue weighted by Gasteiger charge is 2.52. The highest BCUT2D eigenvalue weighted by atomic mass is 16.6. The van der Waals surface area contributed by atoms with E-state index in [1.54, 1.807) is 7.11 Å². The van der Waals surface area contributed by atoms with Gasteiger partial charge in [0, 0.05) is 38.3 Å². The molecule has 0 spiro atoms. The maximum absolute atomic E-state index is 12.3. The molecule has 0 saturated carbocycles. The van der Waals surface area contributed by atoms with E-state index in [4.69, 9.17) is 9.47 Å². The van der Waals surface area contributed by atoms with Gasteiger partial charge in [0.2, 0.25) is 0 Å². The van der Waals surface area contributed by atoms with E-state index in [0.717, 1.165) is 45.3 Å². The molecule has 3 saturated heterocycles. The number of hydrogen-bond donors (Lipinski definition) is 0. The van der Waals surface area contributed by atoms with Gasteiger partial charge in [-0.25, -0.2) is 4.79 Å². The Bertz CT molecular complexity index is 485. The van der Waals surface area contributed by atoms with Crippen molar-refractivity contribution in [3.8, 4) is 0 Å². The molecule has 0 aromatic carbocycles. The smallest absolute Gasteiger partial charge is 0.409 e. The molecule has 3 aliphatic rings. The second kappa shape index (κ2) is 7.04. The molecule has 0 aromatic heterocycles. The minimum absolute atomic E-state index is 0.162.